The monoisotopic (exact) mass is 485 g/mol. The third-order valence-electron chi connectivity index (χ3n) is 4.58. The number of hydrogen-bond donors (Lipinski definition) is 2. The first kappa shape index (κ1) is 24.5. The molecule has 0 saturated carbocycles. The highest BCUT2D eigenvalue weighted by Crippen LogP contribution is 2.27. The molecule has 0 heterocycles. The van der Waals surface area contributed by atoms with Gasteiger partial charge in [0, 0.05) is 17.4 Å². The lowest BCUT2D eigenvalue weighted by atomic mass is 10.2. The Morgan fingerprint density at radius 2 is 1.62 bits per heavy atom. The molecule has 0 bridgehead atoms. The van der Waals surface area contributed by atoms with Gasteiger partial charge in [-0.25, -0.2) is 8.42 Å². The van der Waals surface area contributed by atoms with E-state index in [0.29, 0.717) is 23.7 Å². The van der Waals surface area contributed by atoms with Crippen LogP contribution < -0.4 is 19.5 Å². The molecule has 0 fully saturated rings. The third-order valence-corrected chi connectivity index (χ3v) is 5.98. The van der Waals surface area contributed by atoms with Crippen LogP contribution in [0, 0.1) is 10.1 Å². The predicted molar refractivity (Wildman–Crippen MR) is 127 cm³/mol. The van der Waals surface area contributed by atoms with E-state index in [9.17, 15) is 23.3 Å². The molecule has 0 aliphatic rings. The van der Waals surface area contributed by atoms with E-state index in [1.807, 2.05) is 6.92 Å². The summed E-state index contributed by atoms with van der Waals surface area (Å²) in [6.07, 6.45) is -1.04. The molecule has 10 nitrogen and oxygen atoms in total. The van der Waals surface area contributed by atoms with Crippen LogP contribution in [-0.4, -0.2) is 32.0 Å². The third kappa shape index (κ3) is 6.23. The molecule has 11 heteroatoms. The van der Waals surface area contributed by atoms with Crippen molar-refractivity contribution in [2.75, 3.05) is 16.6 Å². The molecule has 1 amide bonds. The van der Waals surface area contributed by atoms with Crippen LogP contribution in [0.15, 0.2) is 77.7 Å². The first-order valence-electron chi connectivity index (χ1n) is 10.3. The minimum Gasteiger partial charge on any atom is -0.494 e. The molecule has 1 unspecified atom stereocenters. The number of para-hydroxylation sites is 2. The van der Waals surface area contributed by atoms with E-state index in [1.54, 1.807) is 30.3 Å². The lowest BCUT2D eigenvalue weighted by molar-refractivity contribution is -0.386. The number of anilines is 2. The van der Waals surface area contributed by atoms with Crippen LogP contribution >= 0.6 is 0 Å². The summed E-state index contributed by atoms with van der Waals surface area (Å²) in [5, 5.41) is 13.7. The molecule has 0 aliphatic carbocycles. The predicted octanol–water partition coefficient (Wildman–Crippen LogP) is 4.20. The van der Waals surface area contributed by atoms with Crippen molar-refractivity contribution in [2.24, 2.45) is 0 Å². The molecular weight excluding hydrogens is 462 g/mol. The Morgan fingerprint density at radius 1 is 1.00 bits per heavy atom. The maximum absolute atomic E-state index is 12.6. The SMILES string of the molecule is CCOc1ccc(NS(=O)(=O)c2ccc(NC(=O)C(C)Oc3ccccc3[N+](=O)[O-])cc2)cc1. The number of rotatable bonds is 10. The number of nitrogens with one attached hydrogen (secondary N) is 2. The number of sulfonamides is 1. The number of carbonyl (C=O) groups is 1. The number of nitro benzene ring substituents is 1. The van der Waals surface area contributed by atoms with Gasteiger partial charge in [-0.05, 0) is 68.4 Å². The minimum absolute atomic E-state index is 0.00333. The molecule has 0 aliphatic heterocycles. The van der Waals surface area contributed by atoms with Crippen LogP contribution in [0.3, 0.4) is 0 Å². The fourth-order valence-corrected chi connectivity index (χ4v) is 3.97. The van der Waals surface area contributed by atoms with E-state index in [1.165, 1.54) is 49.4 Å². The number of hydrogen-bond acceptors (Lipinski definition) is 7. The molecule has 0 spiro atoms. The summed E-state index contributed by atoms with van der Waals surface area (Å²) in [4.78, 5) is 23.0. The van der Waals surface area contributed by atoms with E-state index in [2.05, 4.69) is 10.0 Å². The molecule has 34 heavy (non-hydrogen) atoms. The van der Waals surface area contributed by atoms with Crippen molar-refractivity contribution in [1.29, 1.82) is 0 Å². The fraction of sp³-hybridized carbons (Fsp3) is 0.174. The van der Waals surface area contributed by atoms with Gasteiger partial charge in [0.1, 0.15) is 5.75 Å². The number of nitro groups is 1. The second-order valence-electron chi connectivity index (χ2n) is 7.06. The van der Waals surface area contributed by atoms with Crippen LogP contribution in [-0.2, 0) is 14.8 Å². The highest BCUT2D eigenvalue weighted by atomic mass is 32.2. The second kappa shape index (κ2) is 10.7. The Kier molecular flexibility index (Phi) is 7.69. The van der Waals surface area contributed by atoms with Crippen LogP contribution in [0.4, 0.5) is 17.1 Å². The molecule has 3 aromatic rings. The van der Waals surface area contributed by atoms with E-state index in [4.69, 9.17) is 9.47 Å². The minimum atomic E-state index is -3.85. The van der Waals surface area contributed by atoms with Gasteiger partial charge in [-0.15, -0.1) is 0 Å². The van der Waals surface area contributed by atoms with E-state index >= 15 is 0 Å². The zero-order chi connectivity index (χ0) is 24.7. The molecular formula is C23H23N3O7S. The van der Waals surface area contributed by atoms with Gasteiger partial charge in [0.15, 0.2) is 11.9 Å². The number of benzene rings is 3. The average Bonchev–Trinajstić information content (AvgIpc) is 2.81. The van der Waals surface area contributed by atoms with Crippen molar-refractivity contribution < 1.29 is 27.6 Å². The summed E-state index contributed by atoms with van der Waals surface area (Å²) in [6, 6.07) is 17.8. The van der Waals surface area contributed by atoms with E-state index in [0.717, 1.165) is 0 Å². The molecule has 3 rings (SSSR count). The first-order valence-corrected chi connectivity index (χ1v) is 11.7. The quantitative estimate of drug-likeness (QED) is 0.324. The topological polar surface area (TPSA) is 137 Å². The highest BCUT2D eigenvalue weighted by Gasteiger charge is 2.21. The molecule has 0 aromatic heterocycles. The Labute approximate surface area is 196 Å². The smallest absolute Gasteiger partial charge is 0.310 e. The van der Waals surface area contributed by atoms with Crippen LogP contribution in [0.5, 0.6) is 11.5 Å². The van der Waals surface area contributed by atoms with Crippen LogP contribution in [0.25, 0.3) is 0 Å². The van der Waals surface area contributed by atoms with Crippen molar-refractivity contribution in [3.8, 4) is 11.5 Å². The van der Waals surface area contributed by atoms with Crippen molar-refractivity contribution in [2.45, 2.75) is 24.8 Å². The lowest BCUT2D eigenvalue weighted by Gasteiger charge is -2.15. The van der Waals surface area contributed by atoms with Crippen molar-refractivity contribution in [1.82, 2.24) is 0 Å². The van der Waals surface area contributed by atoms with Crippen LogP contribution in [0.1, 0.15) is 13.8 Å². The second-order valence-corrected chi connectivity index (χ2v) is 8.74. The molecule has 1 atom stereocenters. The number of carbonyl (C=O) groups excluding carboxylic acids is 1. The zero-order valence-corrected chi connectivity index (χ0v) is 19.2. The number of nitrogens with zero attached hydrogens (tertiary/aromatic N) is 1. The molecule has 178 valence electrons. The molecule has 3 aromatic carbocycles. The molecule has 2 N–H and O–H groups in total. The normalized spacial score (nSPS) is 11.8. The summed E-state index contributed by atoms with van der Waals surface area (Å²) in [5.41, 5.74) is 0.460. The number of ether oxygens (including phenoxy) is 2. The summed E-state index contributed by atoms with van der Waals surface area (Å²) in [7, 11) is -3.85. The summed E-state index contributed by atoms with van der Waals surface area (Å²) in [6.45, 7) is 3.81. The average molecular weight is 486 g/mol. The Bertz CT molecular complexity index is 1260. The van der Waals surface area contributed by atoms with Gasteiger partial charge in [-0.3, -0.25) is 19.6 Å². The van der Waals surface area contributed by atoms with Gasteiger partial charge in [0.2, 0.25) is 0 Å². The standard InChI is InChI=1S/C23H23N3O7S/c1-3-32-19-12-8-18(9-13-19)25-34(30,31)20-14-10-17(11-15-20)24-23(27)16(2)33-22-7-5-4-6-21(22)26(28)29/h4-16,25H,3H2,1-2H3,(H,24,27). The maximum Gasteiger partial charge on any atom is 0.310 e. The summed E-state index contributed by atoms with van der Waals surface area (Å²) < 4.78 is 38.5. The largest absolute Gasteiger partial charge is 0.494 e. The van der Waals surface area contributed by atoms with Gasteiger partial charge in [-0.1, -0.05) is 12.1 Å². The van der Waals surface area contributed by atoms with E-state index in [-0.39, 0.29) is 16.3 Å². The number of amides is 1. The van der Waals surface area contributed by atoms with Gasteiger partial charge in [-0.2, -0.15) is 0 Å². The first-order chi connectivity index (χ1) is 16.2. The van der Waals surface area contributed by atoms with Crippen LogP contribution in [0.2, 0.25) is 0 Å². The van der Waals surface area contributed by atoms with Crippen molar-refractivity contribution in [3.05, 3.63) is 82.9 Å². The Hall–Kier alpha value is -4.12. The van der Waals surface area contributed by atoms with Gasteiger partial charge in [0.05, 0.1) is 16.4 Å². The Balaban J connectivity index is 1.63. The Morgan fingerprint density at radius 3 is 2.24 bits per heavy atom. The van der Waals surface area contributed by atoms with Gasteiger partial charge in [0.25, 0.3) is 15.9 Å². The molecule has 0 saturated heterocycles. The fourth-order valence-electron chi connectivity index (χ4n) is 2.91. The van der Waals surface area contributed by atoms with Crippen molar-refractivity contribution in [3.63, 3.8) is 0 Å². The molecule has 0 radical (unpaired) electrons. The lowest BCUT2D eigenvalue weighted by Crippen LogP contribution is -2.30. The summed E-state index contributed by atoms with van der Waals surface area (Å²) in [5.74, 6) is 0.0452. The maximum atomic E-state index is 12.6. The zero-order valence-electron chi connectivity index (χ0n) is 18.4. The van der Waals surface area contributed by atoms with Gasteiger partial charge < -0.3 is 14.8 Å². The van der Waals surface area contributed by atoms with Gasteiger partial charge >= 0.3 is 5.69 Å². The van der Waals surface area contributed by atoms with Crippen molar-refractivity contribution >= 4 is 33.0 Å². The summed E-state index contributed by atoms with van der Waals surface area (Å²) >= 11 is 0. The van der Waals surface area contributed by atoms with E-state index < -0.39 is 27.0 Å². The highest BCUT2D eigenvalue weighted by molar-refractivity contribution is 7.92.